The fraction of sp³-hybridized carbons (Fsp3) is 0.708. The molecule has 9 heteroatoms. The van der Waals surface area contributed by atoms with Crippen LogP contribution in [0.1, 0.15) is 44.4 Å². The second-order valence-corrected chi connectivity index (χ2v) is 10.4. The van der Waals surface area contributed by atoms with Gasteiger partial charge in [0.05, 0.1) is 19.3 Å². The van der Waals surface area contributed by atoms with Crippen LogP contribution in [0, 0.1) is 5.92 Å². The van der Waals surface area contributed by atoms with E-state index in [0.717, 1.165) is 32.4 Å². The number of urea groups is 1. The van der Waals surface area contributed by atoms with Crippen LogP contribution < -0.4 is 5.32 Å². The third-order valence-corrected chi connectivity index (χ3v) is 8.40. The number of carbonyl (C=O) groups is 3. The number of hydrogen-bond donors (Lipinski definition) is 1. The average Bonchev–Trinajstić information content (AvgIpc) is 3.44. The summed E-state index contributed by atoms with van der Waals surface area (Å²) in [7, 11) is 0. The largest absolute Gasteiger partial charge is 0.379 e. The number of rotatable bonds is 8. The van der Waals surface area contributed by atoms with Gasteiger partial charge in [0, 0.05) is 37.6 Å². The maximum atomic E-state index is 13.6. The molecule has 0 bridgehead atoms. The molecular weight excluding hydrogens is 440 g/mol. The lowest BCUT2D eigenvalue weighted by molar-refractivity contribution is -0.140. The minimum Gasteiger partial charge on any atom is -0.379 e. The minimum atomic E-state index is -0.841. The van der Waals surface area contributed by atoms with E-state index < -0.39 is 5.54 Å². The molecule has 3 fully saturated rings. The molecule has 1 N–H and O–H groups in total. The third kappa shape index (κ3) is 4.95. The highest BCUT2D eigenvalue weighted by atomic mass is 32.1. The van der Waals surface area contributed by atoms with Crippen molar-refractivity contribution >= 4 is 29.2 Å². The Hall–Kier alpha value is -1.97. The van der Waals surface area contributed by atoms with Gasteiger partial charge in [-0.1, -0.05) is 19.4 Å². The van der Waals surface area contributed by atoms with Gasteiger partial charge < -0.3 is 15.0 Å². The molecule has 0 saturated carbocycles. The molecule has 33 heavy (non-hydrogen) atoms. The van der Waals surface area contributed by atoms with E-state index in [1.165, 1.54) is 9.78 Å². The van der Waals surface area contributed by atoms with E-state index in [1.54, 1.807) is 11.3 Å². The summed E-state index contributed by atoms with van der Waals surface area (Å²) >= 11 is 1.64. The highest BCUT2D eigenvalue weighted by molar-refractivity contribution is 7.09. The number of hydrogen-bond acceptors (Lipinski definition) is 6. The number of nitrogens with zero attached hydrogens (tertiary/aromatic N) is 3. The van der Waals surface area contributed by atoms with Crippen molar-refractivity contribution in [3.05, 3.63) is 22.4 Å². The summed E-state index contributed by atoms with van der Waals surface area (Å²) in [6.45, 7) is 8.60. The average molecular weight is 477 g/mol. The molecule has 2 atom stereocenters. The first-order chi connectivity index (χ1) is 16.0. The molecule has 0 radical (unpaired) electrons. The van der Waals surface area contributed by atoms with E-state index in [2.05, 4.69) is 17.1 Å². The van der Waals surface area contributed by atoms with Crippen LogP contribution in [0.5, 0.6) is 0 Å². The topological polar surface area (TPSA) is 82.2 Å². The summed E-state index contributed by atoms with van der Waals surface area (Å²) in [6, 6.07) is 3.59. The van der Waals surface area contributed by atoms with Crippen molar-refractivity contribution in [2.24, 2.45) is 5.92 Å². The molecule has 4 amide bonds. The maximum absolute atomic E-state index is 13.6. The molecule has 3 aliphatic heterocycles. The number of amides is 4. The van der Waals surface area contributed by atoms with E-state index in [0.29, 0.717) is 45.7 Å². The molecule has 0 aliphatic carbocycles. The lowest BCUT2D eigenvalue weighted by Gasteiger charge is -2.42. The van der Waals surface area contributed by atoms with Crippen molar-refractivity contribution < 1.29 is 19.1 Å². The van der Waals surface area contributed by atoms with Gasteiger partial charge in [0.25, 0.3) is 5.91 Å². The smallest absolute Gasteiger partial charge is 0.325 e. The molecule has 1 aromatic heterocycles. The van der Waals surface area contributed by atoms with Gasteiger partial charge in [-0.05, 0) is 50.0 Å². The van der Waals surface area contributed by atoms with Gasteiger partial charge in [0.2, 0.25) is 5.91 Å². The summed E-state index contributed by atoms with van der Waals surface area (Å²) in [6.07, 6.45) is 3.60. The van der Waals surface area contributed by atoms with E-state index >= 15 is 0 Å². The summed E-state index contributed by atoms with van der Waals surface area (Å²) in [5.41, 5.74) is -0.841. The van der Waals surface area contributed by atoms with Gasteiger partial charge in [0.1, 0.15) is 5.54 Å². The maximum Gasteiger partial charge on any atom is 0.325 e. The monoisotopic (exact) mass is 476 g/mol. The molecule has 4 heterocycles. The van der Waals surface area contributed by atoms with Crippen LogP contribution in [-0.2, 0) is 20.7 Å². The normalized spacial score (nSPS) is 26.0. The van der Waals surface area contributed by atoms with Crippen LogP contribution >= 0.6 is 11.3 Å². The van der Waals surface area contributed by atoms with Gasteiger partial charge in [0.15, 0.2) is 0 Å². The number of thiophene rings is 1. The first-order valence-corrected chi connectivity index (χ1v) is 13.1. The van der Waals surface area contributed by atoms with E-state index in [1.807, 2.05) is 29.3 Å². The van der Waals surface area contributed by atoms with Crippen molar-refractivity contribution in [3.63, 3.8) is 0 Å². The molecule has 3 aliphatic rings. The lowest BCUT2D eigenvalue weighted by Crippen LogP contribution is -2.58. The Morgan fingerprint density at radius 2 is 1.97 bits per heavy atom. The Bertz CT molecular complexity index is 834. The van der Waals surface area contributed by atoms with Crippen LogP contribution in [0.15, 0.2) is 17.5 Å². The first-order valence-electron chi connectivity index (χ1n) is 12.2. The predicted octanol–water partition coefficient (Wildman–Crippen LogP) is 2.34. The van der Waals surface area contributed by atoms with Gasteiger partial charge in [-0.2, -0.15) is 0 Å². The second-order valence-electron chi connectivity index (χ2n) is 9.36. The molecular formula is C24H36N4O4S. The van der Waals surface area contributed by atoms with Crippen molar-refractivity contribution in [2.45, 2.75) is 57.5 Å². The zero-order chi connectivity index (χ0) is 23.4. The fourth-order valence-corrected chi connectivity index (χ4v) is 6.25. The summed E-state index contributed by atoms with van der Waals surface area (Å²) < 4.78 is 5.41. The minimum absolute atomic E-state index is 0.0448. The van der Waals surface area contributed by atoms with E-state index in [4.69, 9.17) is 4.74 Å². The Labute approximate surface area is 200 Å². The Balaban J connectivity index is 1.38. The molecule has 8 nitrogen and oxygen atoms in total. The van der Waals surface area contributed by atoms with E-state index in [9.17, 15) is 14.4 Å². The fourth-order valence-electron chi connectivity index (χ4n) is 5.55. The Kier molecular flexibility index (Phi) is 7.71. The highest BCUT2D eigenvalue weighted by Gasteiger charge is 2.55. The number of likely N-dealkylation sites (tertiary alicyclic amines) is 1. The number of morpholine rings is 1. The zero-order valence-electron chi connectivity index (χ0n) is 19.8. The molecule has 3 saturated heterocycles. The zero-order valence-corrected chi connectivity index (χ0v) is 20.6. The number of piperidine rings is 1. The lowest BCUT2D eigenvalue weighted by atomic mass is 9.74. The molecule has 0 aromatic carbocycles. The molecule has 0 spiro atoms. The van der Waals surface area contributed by atoms with Gasteiger partial charge in [-0.3, -0.25) is 19.4 Å². The second kappa shape index (κ2) is 10.5. The van der Waals surface area contributed by atoms with Crippen LogP contribution in [0.4, 0.5) is 4.79 Å². The van der Waals surface area contributed by atoms with Crippen molar-refractivity contribution in [2.75, 3.05) is 45.9 Å². The van der Waals surface area contributed by atoms with E-state index in [-0.39, 0.29) is 29.8 Å². The van der Waals surface area contributed by atoms with Crippen LogP contribution in [0.2, 0.25) is 0 Å². The first kappa shape index (κ1) is 24.2. The van der Waals surface area contributed by atoms with Crippen LogP contribution in [0.25, 0.3) is 0 Å². The summed E-state index contributed by atoms with van der Waals surface area (Å²) in [5.74, 6) is 0.111. The van der Waals surface area contributed by atoms with Crippen LogP contribution in [0.3, 0.4) is 0 Å². The van der Waals surface area contributed by atoms with Crippen molar-refractivity contribution in [1.29, 1.82) is 0 Å². The molecule has 1 aromatic rings. The number of imide groups is 1. The van der Waals surface area contributed by atoms with Gasteiger partial charge in [-0.25, -0.2) is 4.79 Å². The standard InChI is InChI=1S/C24H36N4O4S/c1-3-9-24(22(30)28(23(31)25-24)12-8-20-5-4-17-33-20)19-6-10-27(11-7-19)21(29)18(2)26-13-15-32-16-14-26/h4-5,17-19H,3,6-16H2,1-2H3,(H,25,31). The Morgan fingerprint density at radius 1 is 1.24 bits per heavy atom. The predicted molar refractivity (Wildman–Crippen MR) is 127 cm³/mol. The highest BCUT2D eigenvalue weighted by Crippen LogP contribution is 2.37. The van der Waals surface area contributed by atoms with Gasteiger partial charge >= 0.3 is 6.03 Å². The Morgan fingerprint density at radius 3 is 2.61 bits per heavy atom. The SMILES string of the molecule is CCCC1(C2CCN(C(=O)C(C)N3CCOCC3)CC2)NC(=O)N(CCc2cccs2)C1=O. The van der Waals surface area contributed by atoms with Crippen LogP contribution in [-0.4, -0.2) is 90.1 Å². The number of nitrogens with one attached hydrogen (secondary N) is 1. The third-order valence-electron chi connectivity index (χ3n) is 7.46. The molecule has 2 unspecified atom stereocenters. The quantitative estimate of drug-likeness (QED) is 0.583. The van der Waals surface area contributed by atoms with Gasteiger partial charge in [-0.15, -0.1) is 11.3 Å². The number of ether oxygens (including phenoxy) is 1. The summed E-state index contributed by atoms with van der Waals surface area (Å²) in [5, 5.41) is 5.11. The van der Waals surface area contributed by atoms with Crippen molar-refractivity contribution in [1.82, 2.24) is 20.0 Å². The summed E-state index contributed by atoms with van der Waals surface area (Å²) in [4.78, 5) is 46.2. The molecule has 182 valence electrons. The molecule has 4 rings (SSSR count). The number of carbonyl (C=O) groups excluding carboxylic acids is 3. The van der Waals surface area contributed by atoms with Crippen molar-refractivity contribution in [3.8, 4) is 0 Å².